The first kappa shape index (κ1) is 16.1. The predicted molar refractivity (Wildman–Crippen MR) is 87.2 cm³/mol. The Morgan fingerprint density at radius 1 is 1.10 bits per heavy atom. The third-order valence-corrected chi connectivity index (χ3v) is 4.25. The van der Waals surface area contributed by atoms with E-state index in [0.29, 0.717) is 6.42 Å². The van der Waals surface area contributed by atoms with Gasteiger partial charge < -0.3 is 5.73 Å². The van der Waals surface area contributed by atoms with Crippen LogP contribution in [0.15, 0.2) is 29.6 Å². The molecule has 114 valence electrons. The Balaban J connectivity index is 2.06. The monoisotopic (exact) mass is 306 g/mol. The predicted octanol–water partition coefficient (Wildman–Crippen LogP) is 4.08. The fourth-order valence-corrected chi connectivity index (χ4v) is 3.43. The minimum absolute atomic E-state index is 0.0662. The van der Waals surface area contributed by atoms with E-state index < -0.39 is 0 Å². The van der Waals surface area contributed by atoms with Crippen LogP contribution in [0.3, 0.4) is 0 Å². The van der Waals surface area contributed by atoms with Crippen LogP contribution in [-0.2, 0) is 18.3 Å². The number of benzene rings is 1. The molecular weight excluding hydrogens is 283 g/mol. The Hall–Kier alpha value is -1.26. The van der Waals surface area contributed by atoms with Crippen LogP contribution in [0, 0.1) is 5.82 Å². The van der Waals surface area contributed by atoms with Gasteiger partial charge in [0, 0.05) is 22.8 Å². The van der Waals surface area contributed by atoms with Gasteiger partial charge in [-0.1, -0.05) is 32.9 Å². The summed E-state index contributed by atoms with van der Waals surface area (Å²) in [5.74, 6) is -0.216. The molecule has 0 bridgehead atoms. The molecule has 1 aromatic heterocycles. The van der Waals surface area contributed by atoms with Gasteiger partial charge in [-0.05, 0) is 31.0 Å². The third-order valence-electron chi connectivity index (χ3n) is 3.40. The number of hydrogen-bond donors (Lipinski definition) is 1. The van der Waals surface area contributed by atoms with Crippen molar-refractivity contribution in [2.45, 2.75) is 51.5 Å². The van der Waals surface area contributed by atoms with Crippen LogP contribution >= 0.6 is 11.3 Å². The van der Waals surface area contributed by atoms with Crippen LogP contribution in [0.2, 0.25) is 0 Å². The fraction of sp³-hybridized carbons (Fsp3) is 0.471. The maximum atomic E-state index is 12.9. The standard InChI is InChI=1S/C17H23FN2S/c1-16(2,3)14-11-21-15(20-14)10-17(4,19)9-12-5-7-13(18)8-6-12/h5-8,11H,9-10,19H2,1-4H3. The van der Waals surface area contributed by atoms with Crippen molar-refractivity contribution in [3.63, 3.8) is 0 Å². The molecule has 0 saturated carbocycles. The van der Waals surface area contributed by atoms with Crippen molar-refractivity contribution in [2.24, 2.45) is 5.73 Å². The van der Waals surface area contributed by atoms with Crippen molar-refractivity contribution in [3.05, 3.63) is 51.7 Å². The summed E-state index contributed by atoms with van der Waals surface area (Å²) in [5, 5.41) is 3.18. The lowest BCUT2D eigenvalue weighted by Gasteiger charge is -2.23. The van der Waals surface area contributed by atoms with E-state index in [0.717, 1.165) is 22.7 Å². The number of aromatic nitrogens is 1. The smallest absolute Gasteiger partial charge is 0.123 e. The molecule has 0 fully saturated rings. The van der Waals surface area contributed by atoms with Crippen LogP contribution in [-0.4, -0.2) is 10.5 Å². The average molecular weight is 306 g/mol. The molecule has 2 N–H and O–H groups in total. The molecule has 0 amide bonds. The van der Waals surface area contributed by atoms with Crippen molar-refractivity contribution in [1.82, 2.24) is 4.98 Å². The zero-order valence-electron chi connectivity index (χ0n) is 13.1. The van der Waals surface area contributed by atoms with Gasteiger partial charge in [0.25, 0.3) is 0 Å². The van der Waals surface area contributed by atoms with Crippen LogP contribution in [0.1, 0.15) is 44.0 Å². The Morgan fingerprint density at radius 3 is 2.24 bits per heavy atom. The summed E-state index contributed by atoms with van der Waals surface area (Å²) in [6.07, 6.45) is 1.43. The highest BCUT2D eigenvalue weighted by molar-refractivity contribution is 7.09. The molecule has 1 unspecified atom stereocenters. The number of nitrogens with two attached hydrogens (primary N) is 1. The first-order chi connectivity index (χ1) is 9.66. The van der Waals surface area contributed by atoms with Crippen molar-refractivity contribution in [1.29, 1.82) is 0 Å². The number of halogens is 1. The van der Waals surface area contributed by atoms with E-state index in [4.69, 9.17) is 10.7 Å². The highest BCUT2D eigenvalue weighted by Crippen LogP contribution is 2.26. The van der Waals surface area contributed by atoms with Gasteiger partial charge in [0.2, 0.25) is 0 Å². The highest BCUT2D eigenvalue weighted by atomic mass is 32.1. The van der Waals surface area contributed by atoms with E-state index in [1.54, 1.807) is 23.5 Å². The van der Waals surface area contributed by atoms with E-state index >= 15 is 0 Å². The topological polar surface area (TPSA) is 38.9 Å². The SMILES string of the molecule is CC(N)(Cc1ccc(F)cc1)Cc1nc(C(C)(C)C)cs1. The summed E-state index contributed by atoms with van der Waals surface area (Å²) in [6, 6.07) is 6.55. The van der Waals surface area contributed by atoms with E-state index in [9.17, 15) is 4.39 Å². The second kappa shape index (κ2) is 5.85. The first-order valence-corrected chi connectivity index (χ1v) is 8.02. The lowest BCUT2D eigenvalue weighted by atomic mass is 9.90. The number of hydrogen-bond acceptors (Lipinski definition) is 3. The molecule has 0 aliphatic carbocycles. The van der Waals surface area contributed by atoms with Gasteiger partial charge in [-0.3, -0.25) is 0 Å². The van der Waals surface area contributed by atoms with E-state index in [1.807, 2.05) is 6.92 Å². The van der Waals surface area contributed by atoms with Crippen LogP contribution in [0.25, 0.3) is 0 Å². The Labute approximate surface area is 130 Å². The number of nitrogens with zero attached hydrogens (tertiary/aromatic N) is 1. The van der Waals surface area contributed by atoms with Gasteiger partial charge in [-0.2, -0.15) is 0 Å². The van der Waals surface area contributed by atoms with Crippen molar-refractivity contribution in [3.8, 4) is 0 Å². The van der Waals surface area contributed by atoms with Gasteiger partial charge in [0.1, 0.15) is 5.82 Å². The maximum Gasteiger partial charge on any atom is 0.123 e. The summed E-state index contributed by atoms with van der Waals surface area (Å²) >= 11 is 1.67. The quantitative estimate of drug-likeness (QED) is 0.924. The molecule has 0 radical (unpaired) electrons. The normalized spacial score (nSPS) is 15.0. The average Bonchev–Trinajstić information content (AvgIpc) is 2.79. The molecule has 1 heterocycles. The second-order valence-electron chi connectivity index (χ2n) is 7.01. The molecule has 0 spiro atoms. The molecule has 2 rings (SSSR count). The molecule has 0 aliphatic heterocycles. The molecular formula is C17H23FN2S. The Bertz CT molecular complexity index is 594. The molecule has 21 heavy (non-hydrogen) atoms. The van der Waals surface area contributed by atoms with Gasteiger partial charge in [0.05, 0.1) is 10.7 Å². The molecule has 1 atom stereocenters. The van der Waals surface area contributed by atoms with Gasteiger partial charge in [0.15, 0.2) is 0 Å². The maximum absolute atomic E-state index is 12.9. The lowest BCUT2D eigenvalue weighted by Crippen LogP contribution is -2.40. The van der Waals surface area contributed by atoms with Gasteiger partial charge >= 0.3 is 0 Å². The van der Waals surface area contributed by atoms with E-state index in [1.165, 1.54) is 12.1 Å². The van der Waals surface area contributed by atoms with Crippen molar-refractivity contribution < 1.29 is 4.39 Å². The molecule has 0 aliphatic rings. The Morgan fingerprint density at radius 2 is 1.71 bits per heavy atom. The fourth-order valence-electron chi connectivity index (χ4n) is 2.21. The minimum atomic E-state index is -0.384. The zero-order valence-corrected chi connectivity index (χ0v) is 13.9. The zero-order chi connectivity index (χ0) is 15.7. The minimum Gasteiger partial charge on any atom is -0.325 e. The lowest BCUT2D eigenvalue weighted by molar-refractivity contribution is 0.459. The summed E-state index contributed by atoms with van der Waals surface area (Å²) in [7, 11) is 0. The molecule has 2 aromatic rings. The molecule has 2 nitrogen and oxygen atoms in total. The molecule has 4 heteroatoms. The second-order valence-corrected chi connectivity index (χ2v) is 7.95. The first-order valence-electron chi connectivity index (χ1n) is 7.14. The summed E-state index contributed by atoms with van der Waals surface area (Å²) in [5.41, 5.74) is 8.25. The van der Waals surface area contributed by atoms with Gasteiger partial charge in [-0.25, -0.2) is 9.37 Å². The Kier molecular flexibility index (Phi) is 4.49. The summed E-state index contributed by atoms with van der Waals surface area (Å²) < 4.78 is 12.9. The van der Waals surface area contributed by atoms with Gasteiger partial charge in [-0.15, -0.1) is 11.3 Å². The van der Waals surface area contributed by atoms with Crippen LogP contribution in [0.5, 0.6) is 0 Å². The number of rotatable bonds is 4. The van der Waals surface area contributed by atoms with Crippen LogP contribution < -0.4 is 5.73 Å². The largest absolute Gasteiger partial charge is 0.325 e. The van der Waals surface area contributed by atoms with Crippen molar-refractivity contribution >= 4 is 11.3 Å². The van der Waals surface area contributed by atoms with E-state index in [-0.39, 0.29) is 16.8 Å². The summed E-state index contributed by atoms with van der Waals surface area (Å²) in [4.78, 5) is 4.70. The third kappa shape index (κ3) is 4.61. The molecule has 0 saturated heterocycles. The van der Waals surface area contributed by atoms with Crippen LogP contribution in [0.4, 0.5) is 4.39 Å². The van der Waals surface area contributed by atoms with E-state index in [2.05, 4.69) is 26.2 Å². The highest BCUT2D eigenvalue weighted by Gasteiger charge is 2.23. The molecule has 1 aromatic carbocycles. The van der Waals surface area contributed by atoms with Crippen molar-refractivity contribution in [2.75, 3.05) is 0 Å². The number of thiazole rings is 1. The summed E-state index contributed by atoms with van der Waals surface area (Å²) in [6.45, 7) is 8.50.